The summed E-state index contributed by atoms with van der Waals surface area (Å²) < 4.78 is 5.32. The summed E-state index contributed by atoms with van der Waals surface area (Å²) >= 11 is 0. The van der Waals surface area contributed by atoms with E-state index in [0.29, 0.717) is 13.1 Å². The van der Waals surface area contributed by atoms with E-state index < -0.39 is 11.6 Å². The second kappa shape index (κ2) is 5.16. The SMILES string of the molecule is CC1(CC(=O)O)CCCN(C(=O)OC(C)(C)C)C1. The third-order valence-corrected chi connectivity index (χ3v) is 3.01. The quantitative estimate of drug-likeness (QED) is 0.825. The molecule has 1 aliphatic heterocycles. The van der Waals surface area contributed by atoms with Crippen molar-refractivity contribution in [2.24, 2.45) is 5.41 Å². The van der Waals surface area contributed by atoms with Crippen LogP contribution < -0.4 is 0 Å². The predicted octanol–water partition coefficient (Wildman–Crippen LogP) is 2.50. The van der Waals surface area contributed by atoms with Gasteiger partial charge in [-0.15, -0.1) is 0 Å². The van der Waals surface area contributed by atoms with Crippen molar-refractivity contribution in [1.29, 1.82) is 0 Å². The van der Waals surface area contributed by atoms with Crippen LogP contribution >= 0.6 is 0 Å². The van der Waals surface area contributed by atoms with E-state index in [4.69, 9.17) is 9.84 Å². The van der Waals surface area contributed by atoms with Crippen LogP contribution in [0.5, 0.6) is 0 Å². The van der Waals surface area contributed by atoms with Crippen LogP contribution in [0.25, 0.3) is 0 Å². The summed E-state index contributed by atoms with van der Waals surface area (Å²) in [5, 5.41) is 8.91. The maximum Gasteiger partial charge on any atom is 0.410 e. The average molecular weight is 257 g/mol. The Kier molecular flexibility index (Phi) is 4.24. The van der Waals surface area contributed by atoms with Gasteiger partial charge in [0.25, 0.3) is 0 Å². The number of ether oxygens (including phenoxy) is 1. The highest BCUT2D eigenvalue weighted by atomic mass is 16.6. The number of carboxylic acid groups (broad SMARTS) is 1. The van der Waals surface area contributed by atoms with Gasteiger partial charge in [0.05, 0.1) is 6.42 Å². The Bertz CT molecular complexity index is 334. The first-order chi connectivity index (χ1) is 8.11. The van der Waals surface area contributed by atoms with Gasteiger partial charge in [0.1, 0.15) is 5.60 Å². The van der Waals surface area contributed by atoms with Crippen molar-refractivity contribution in [3.63, 3.8) is 0 Å². The van der Waals surface area contributed by atoms with Crippen LogP contribution in [-0.2, 0) is 9.53 Å². The average Bonchev–Trinajstić information content (AvgIpc) is 2.12. The zero-order chi connectivity index (χ0) is 14.0. The molecule has 0 aromatic carbocycles. The molecule has 5 heteroatoms. The molecule has 1 amide bonds. The molecule has 0 spiro atoms. The van der Waals surface area contributed by atoms with Crippen LogP contribution in [-0.4, -0.2) is 40.8 Å². The van der Waals surface area contributed by atoms with Gasteiger partial charge in [-0.2, -0.15) is 0 Å². The largest absolute Gasteiger partial charge is 0.481 e. The van der Waals surface area contributed by atoms with Crippen LogP contribution in [0.2, 0.25) is 0 Å². The number of hydrogen-bond acceptors (Lipinski definition) is 3. The monoisotopic (exact) mass is 257 g/mol. The highest BCUT2D eigenvalue weighted by Gasteiger charge is 2.36. The Morgan fingerprint density at radius 1 is 1.39 bits per heavy atom. The summed E-state index contributed by atoms with van der Waals surface area (Å²) in [6, 6.07) is 0. The Morgan fingerprint density at radius 3 is 2.50 bits per heavy atom. The van der Waals surface area contributed by atoms with Gasteiger partial charge in [-0.25, -0.2) is 4.79 Å². The molecular weight excluding hydrogens is 234 g/mol. The molecule has 0 aromatic rings. The zero-order valence-electron chi connectivity index (χ0n) is 11.7. The molecule has 0 aliphatic carbocycles. The van der Waals surface area contributed by atoms with Crippen molar-refractivity contribution in [1.82, 2.24) is 4.90 Å². The zero-order valence-corrected chi connectivity index (χ0v) is 11.7. The van der Waals surface area contributed by atoms with Crippen molar-refractivity contribution in [2.75, 3.05) is 13.1 Å². The van der Waals surface area contributed by atoms with Gasteiger partial charge in [-0.05, 0) is 39.0 Å². The molecule has 1 heterocycles. The van der Waals surface area contributed by atoms with Crippen LogP contribution in [0, 0.1) is 5.41 Å². The molecule has 1 N–H and O–H groups in total. The van der Waals surface area contributed by atoms with Crippen LogP contribution in [0.3, 0.4) is 0 Å². The van der Waals surface area contributed by atoms with Crippen molar-refractivity contribution in [3.05, 3.63) is 0 Å². The molecule has 5 nitrogen and oxygen atoms in total. The normalized spacial score (nSPS) is 24.8. The maximum atomic E-state index is 11.9. The van der Waals surface area contributed by atoms with E-state index >= 15 is 0 Å². The minimum atomic E-state index is -0.816. The lowest BCUT2D eigenvalue weighted by molar-refractivity contribution is -0.140. The maximum absolute atomic E-state index is 11.9. The standard InChI is InChI=1S/C13H23NO4/c1-12(2,3)18-11(17)14-7-5-6-13(4,9-14)8-10(15)16/h5-9H2,1-4H3,(H,15,16). The minimum absolute atomic E-state index is 0.0896. The number of carbonyl (C=O) groups excluding carboxylic acids is 1. The third-order valence-electron chi connectivity index (χ3n) is 3.01. The lowest BCUT2D eigenvalue weighted by atomic mass is 9.79. The van der Waals surface area contributed by atoms with Crippen LogP contribution in [0.15, 0.2) is 0 Å². The molecule has 1 atom stereocenters. The Morgan fingerprint density at radius 2 is 2.00 bits per heavy atom. The van der Waals surface area contributed by atoms with Gasteiger partial charge in [-0.3, -0.25) is 4.79 Å². The number of rotatable bonds is 2. The summed E-state index contributed by atoms with van der Waals surface area (Å²) in [6.45, 7) is 8.48. The van der Waals surface area contributed by atoms with E-state index in [1.165, 1.54) is 0 Å². The summed E-state index contributed by atoms with van der Waals surface area (Å²) in [6.07, 6.45) is 1.40. The number of nitrogens with zero attached hydrogens (tertiary/aromatic N) is 1. The molecule has 0 radical (unpaired) electrons. The van der Waals surface area contributed by atoms with E-state index in [1.807, 2.05) is 27.7 Å². The van der Waals surface area contributed by atoms with Crippen molar-refractivity contribution < 1.29 is 19.4 Å². The molecule has 1 saturated heterocycles. The number of aliphatic carboxylic acids is 1. The number of hydrogen-bond donors (Lipinski definition) is 1. The van der Waals surface area contributed by atoms with Gasteiger partial charge in [0.2, 0.25) is 0 Å². The Labute approximate surface area is 108 Å². The molecule has 104 valence electrons. The summed E-state index contributed by atoms with van der Waals surface area (Å²) in [5.41, 5.74) is -0.862. The molecule has 1 unspecified atom stereocenters. The van der Waals surface area contributed by atoms with E-state index in [-0.39, 0.29) is 17.9 Å². The third kappa shape index (κ3) is 4.55. The Hall–Kier alpha value is -1.26. The first-order valence-corrected chi connectivity index (χ1v) is 6.31. The molecule has 0 bridgehead atoms. The predicted molar refractivity (Wildman–Crippen MR) is 67.4 cm³/mol. The summed E-state index contributed by atoms with van der Waals surface area (Å²) in [4.78, 5) is 24.4. The van der Waals surface area contributed by atoms with E-state index in [2.05, 4.69) is 0 Å². The minimum Gasteiger partial charge on any atom is -0.481 e. The fraction of sp³-hybridized carbons (Fsp3) is 0.846. The van der Waals surface area contributed by atoms with Crippen LogP contribution in [0.4, 0.5) is 4.79 Å². The van der Waals surface area contributed by atoms with Crippen LogP contribution in [0.1, 0.15) is 47.0 Å². The first-order valence-electron chi connectivity index (χ1n) is 6.31. The number of piperidine rings is 1. The number of likely N-dealkylation sites (tertiary alicyclic amines) is 1. The lowest BCUT2D eigenvalue weighted by Crippen LogP contribution is -2.47. The molecule has 1 rings (SSSR count). The van der Waals surface area contributed by atoms with Gasteiger partial charge in [0.15, 0.2) is 0 Å². The second-order valence-electron chi connectivity index (χ2n) is 6.39. The first kappa shape index (κ1) is 14.8. The number of carbonyl (C=O) groups is 2. The second-order valence-corrected chi connectivity index (χ2v) is 6.39. The van der Waals surface area contributed by atoms with Crippen molar-refractivity contribution >= 4 is 12.1 Å². The highest BCUT2D eigenvalue weighted by molar-refractivity contribution is 5.70. The van der Waals surface area contributed by atoms with E-state index in [1.54, 1.807) is 4.90 Å². The highest BCUT2D eigenvalue weighted by Crippen LogP contribution is 2.33. The summed E-state index contributed by atoms with van der Waals surface area (Å²) in [7, 11) is 0. The molecule has 1 aliphatic rings. The van der Waals surface area contributed by atoms with Crippen molar-refractivity contribution in [2.45, 2.75) is 52.6 Å². The molecule has 0 saturated carbocycles. The fourth-order valence-corrected chi connectivity index (χ4v) is 2.31. The van der Waals surface area contributed by atoms with Crippen molar-refractivity contribution in [3.8, 4) is 0 Å². The van der Waals surface area contributed by atoms with Gasteiger partial charge >= 0.3 is 12.1 Å². The molecular formula is C13H23NO4. The Balaban J connectivity index is 2.63. The van der Waals surface area contributed by atoms with E-state index in [9.17, 15) is 9.59 Å². The van der Waals surface area contributed by atoms with Gasteiger partial charge in [0, 0.05) is 13.1 Å². The molecule has 18 heavy (non-hydrogen) atoms. The number of carboxylic acids is 1. The topological polar surface area (TPSA) is 66.8 Å². The molecule has 0 aromatic heterocycles. The van der Waals surface area contributed by atoms with E-state index in [0.717, 1.165) is 12.8 Å². The van der Waals surface area contributed by atoms with Gasteiger partial charge < -0.3 is 14.7 Å². The smallest absolute Gasteiger partial charge is 0.410 e. The lowest BCUT2D eigenvalue weighted by Gasteiger charge is -2.40. The van der Waals surface area contributed by atoms with Gasteiger partial charge in [-0.1, -0.05) is 6.92 Å². The molecule has 1 fully saturated rings. The summed E-state index contributed by atoms with van der Waals surface area (Å²) in [5.74, 6) is -0.816. The fourth-order valence-electron chi connectivity index (χ4n) is 2.31. The number of amides is 1.